The molecule has 0 radical (unpaired) electrons. The van der Waals surface area contributed by atoms with Crippen molar-refractivity contribution in [2.24, 2.45) is 0 Å². The Morgan fingerprint density at radius 3 is 2.39 bits per heavy atom. The Labute approximate surface area is 145 Å². The van der Waals surface area contributed by atoms with Crippen LogP contribution >= 0.6 is 15.9 Å². The molecule has 0 unspecified atom stereocenters. The van der Waals surface area contributed by atoms with E-state index in [-0.39, 0.29) is 5.91 Å². The fourth-order valence-corrected chi connectivity index (χ4v) is 2.60. The van der Waals surface area contributed by atoms with Gasteiger partial charge in [-0.15, -0.1) is 0 Å². The lowest BCUT2D eigenvalue weighted by molar-refractivity contribution is 0.0749. The smallest absolute Gasteiger partial charge is 0.274 e. The number of rotatable bonds is 7. The summed E-state index contributed by atoms with van der Waals surface area (Å²) in [6, 6.07) is 7.76. The number of para-hydroxylation sites is 1. The number of halogens is 1. The zero-order valence-corrected chi connectivity index (χ0v) is 15.0. The summed E-state index contributed by atoms with van der Waals surface area (Å²) < 4.78 is 0.944. The average molecular weight is 377 g/mol. The molecule has 23 heavy (non-hydrogen) atoms. The number of carbonyl (C=O) groups excluding carboxylic acids is 1. The highest BCUT2D eigenvalue weighted by Crippen LogP contribution is 2.24. The number of nitrogens with zero attached hydrogens (tertiary/aromatic N) is 3. The molecule has 6 heteroatoms. The fourth-order valence-electron chi connectivity index (χ4n) is 2.22. The van der Waals surface area contributed by atoms with Crippen LogP contribution in [0.5, 0.6) is 0 Å². The number of hydrogen-bond acceptors (Lipinski definition) is 4. The van der Waals surface area contributed by atoms with E-state index in [1.54, 1.807) is 6.20 Å². The molecule has 0 fully saturated rings. The van der Waals surface area contributed by atoms with E-state index >= 15 is 0 Å². The largest absolute Gasteiger partial charge is 0.338 e. The third-order valence-electron chi connectivity index (χ3n) is 3.28. The van der Waals surface area contributed by atoms with E-state index < -0.39 is 0 Å². The van der Waals surface area contributed by atoms with E-state index in [4.69, 9.17) is 0 Å². The normalized spacial score (nSPS) is 10.4. The van der Waals surface area contributed by atoms with E-state index in [0.29, 0.717) is 11.5 Å². The summed E-state index contributed by atoms with van der Waals surface area (Å²) in [4.78, 5) is 22.8. The highest BCUT2D eigenvalue weighted by Gasteiger charge is 2.16. The maximum atomic E-state index is 12.4. The lowest BCUT2D eigenvalue weighted by atomic mass is 10.3. The van der Waals surface area contributed by atoms with Gasteiger partial charge in [-0.25, -0.2) is 9.97 Å². The molecule has 2 rings (SSSR count). The van der Waals surface area contributed by atoms with Crippen molar-refractivity contribution in [3.8, 4) is 0 Å². The van der Waals surface area contributed by atoms with Gasteiger partial charge in [0.05, 0.1) is 18.1 Å². The highest BCUT2D eigenvalue weighted by molar-refractivity contribution is 9.10. The van der Waals surface area contributed by atoms with E-state index in [1.807, 2.05) is 29.2 Å². The zero-order valence-electron chi connectivity index (χ0n) is 13.4. The molecule has 1 heterocycles. The number of hydrogen-bond donors (Lipinski definition) is 1. The summed E-state index contributed by atoms with van der Waals surface area (Å²) in [5, 5.41) is 3.17. The van der Waals surface area contributed by atoms with Gasteiger partial charge in [-0.05, 0) is 40.9 Å². The maximum absolute atomic E-state index is 12.4. The average Bonchev–Trinajstić information content (AvgIpc) is 2.57. The fraction of sp³-hybridized carbons (Fsp3) is 0.353. The van der Waals surface area contributed by atoms with E-state index in [2.05, 4.69) is 45.1 Å². The lowest BCUT2D eigenvalue weighted by Gasteiger charge is -2.20. The van der Waals surface area contributed by atoms with Crippen LogP contribution in [0.1, 0.15) is 37.2 Å². The standard InChI is InChI=1S/C17H21BrN4O/c1-3-9-22(10-4-2)17(23)15-11-20-16(12-19-15)21-14-8-6-5-7-13(14)18/h5-8,11-12H,3-4,9-10H2,1-2H3,(H,20,21). The van der Waals surface area contributed by atoms with Crippen LogP contribution < -0.4 is 5.32 Å². The molecule has 0 bridgehead atoms. The van der Waals surface area contributed by atoms with Crippen LogP contribution in [0.3, 0.4) is 0 Å². The first-order chi connectivity index (χ1) is 11.2. The number of nitrogens with one attached hydrogen (secondary N) is 1. The van der Waals surface area contributed by atoms with Crippen LogP contribution in [0.25, 0.3) is 0 Å². The Morgan fingerprint density at radius 2 is 1.83 bits per heavy atom. The predicted molar refractivity (Wildman–Crippen MR) is 95.9 cm³/mol. The van der Waals surface area contributed by atoms with Crippen molar-refractivity contribution < 1.29 is 4.79 Å². The summed E-state index contributed by atoms with van der Waals surface area (Å²) >= 11 is 3.47. The monoisotopic (exact) mass is 376 g/mol. The third-order valence-corrected chi connectivity index (χ3v) is 3.97. The van der Waals surface area contributed by atoms with Crippen molar-refractivity contribution in [1.82, 2.24) is 14.9 Å². The first-order valence-electron chi connectivity index (χ1n) is 7.78. The second-order valence-electron chi connectivity index (χ2n) is 5.18. The molecular formula is C17H21BrN4O. The topological polar surface area (TPSA) is 58.1 Å². The number of aromatic nitrogens is 2. The molecule has 0 aliphatic carbocycles. The molecular weight excluding hydrogens is 356 g/mol. The first-order valence-corrected chi connectivity index (χ1v) is 8.57. The van der Waals surface area contributed by atoms with E-state index in [1.165, 1.54) is 6.20 Å². The van der Waals surface area contributed by atoms with Gasteiger partial charge in [-0.2, -0.15) is 0 Å². The van der Waals surface area contributed by atoms with E-state index in [0.717, 1.165) is 36.1 Å². The van der Waals surface area contributed by atoms with Gasteiger partial charge in [0.1, 0.15) is 11.5 Å². The molecule has 1 aromatic carbocycles. The van der Waals surface area contributed by atoms with Crippen LogP contribution in [0.15, 0.2) is 41.1 Å². The van der Waals surface area contributed by atoms with Gasteiger partial charge >= 0.3 is 0 Å². The van der Waals surface area contributed by atoms with Gasteiger partial charge in [0.2, 0.25) is 0 Å². The van der Waals surface area contributed by atoms with Crippen molar-refractivity contribution >= 4 is 33.3 Å². The molecule has 0 aliphatic rings. The molecule has 1 amide bonds. The minimum atomic E-state index is -0.0614. The van der Waals surface area contributed by atoms with Gasteiger partial charge < -0.3 is 10.2 Å². The molecule has 5 nitrogen and oxygen atoms in total. The predicted octanol–water partition coefficient (Wildman–Crippen LogP) is 4.24. The van der Waals surface area contributed by atoms with Crippen molar-refractivity contribution in [3.05, 3.63) is 46.8 Å². The van der Waals surface area contributed by atoms with Crippen molar-refractivity contribution in [2.45, 2.75) is 26.7 Å². The summed E-state index contributed by atoms with van der Waals surface area (Å²) in [6.45, 7) is 5.61. The molecule has 0 saturated heterocycles. The van der Waals surface area contributed by atoms with Crippen molar-refractivity contribution in [1.29, 1.82) is 0 Å². The van der Waals surface area contributed by atoms with Crippen LogP contribution in [-0.2, 0) is 0 Å². The van der Waals surface area contributed by atoms with Crippen LogP contribution in [-0.4, -0.2) is 33.9 Å². The van der Waals surface area contributed by atoms with Gasteiger partial charge in [0.25, 0.3) is 5.91 Å². The van der Waals surface area contributed by atoms with Gasteiger partial charge in [-0.1, -0.05) is 26.0 Å². The molecule has 0 saturated carbocycles. The molecule has 1 N–H and O–H groups in total. The van der Waals surface area contributed by atoms with Gasteiger partial charge in [0.15, 0.2) is 0 Å². The quantitative estimate of drug-likeness (QED) is 0.784. The SMILES string of the molecule is CCCN(CCC)C(=O)c1cnc(Nc2ccccc2Br)cn1. The second kappa shape index (κ2) is 8.62. The third kappa shape index (κ3) is 4.76. The minimum absolute atomic E-state index is 0.0614. The molecule has 122 valence electrons. The molecule has 0 spiro atoms. The van der Waals surface area contributed by atoms with Crippen molar-refractivity contribution in [2.75, 3.05) is 18.4 Å². The summed E-state index contributed by atoms with van der Waals surface area (Å²) in [5.74, 6) is 0.541. The number of anilines is 2. The maximum Gasteiger partial charge on any atom is 0.274 e. The Bertz CT molecular complexity index is 639. The Morgan fingerprint density at radius 1 is 1.13 bits per heavy atom. The minimum Gasteiger partial charge on any atom is -0.338 e. The number of carbonyl (C=O) groups is 1. The number of benzene rings is 1. The Kier molecular flexibility index (Phi) is 6.52. The second-order valence-corrected chi connectivity index (χ2v) is 6.04. The van der Waals surface area contributed by atoms with E-state index in [9.17, 15) is 4.79 Å². The van der Waals surface area contributed by atoms with Gasteiger partial charge in [0, 0.05) is 17.6 Å². The lowest BCUT2D eigenvalue weighted by Crippen LogP contribution is -2.33. The number of amides is 1. The summed E-state index contributed by atoms with van der Waals surface area (Å²) in [5.41, 5.74) is 1.28. The van der Waals surface area contributed by atoms with Crippen molar-refractivity contribution in [3.63, 3.8) is 0 Å². The van der Waals surface area contributed by atoms with Crippen LogP contribution in [0.4, 0.5) is 11.5 Å². The summed E-state index contributed by atoms with van der Waals surface area (Å²) in [6.07, 6.45) is 4.98. The highest BCUT2D eigenvalue weighted by atomic mass is 79.9. The van der Waals surface area contributed by atoms with Crippen LogP contribution in [0, 0.1) is 0 Å². The molecule has 0 atom stereocenters. The first kappa shape index (κ1) is 17.4. The summed E-state index contributed by atoms with van der Waals surface area (Å²) in [7, 11) is 0. The molecule has 1 aromatic heterocycles. The zero-order chi connectivity index (χ0) is 16.7. The van der Waals surface area contributed by atoms with Gasteiger partial charge in [-0.3, -0.25) is 4.79 Å². The molecule has 0 aliphatic heterocycles. The Balaban J connectivity index is 2.09. The molecule has 2 aromatic rings. The Hall–Kier alpha value is -1.95. The van der Waals surface area contributed by atoms with Crippen LogP contribution in [0.2, 0.25) is 0 Å².